The van der Waals surface area contributed by atoms with Gasteiger partial charge in [-0.05, 0) is 19.4 Å². The van der Waals surface area contributed by atoms with E-state index in [0.29, 0.717) is 5.56 Å². The lowest BCUT2D eigenvalue weighted by Gasteiger charge is -2.13. The number of amides is 1. The molecular weight excluding hydrogens is 244 g/mol. The number of rotatable bonds is 7. The third-order valence-electron chi connectivity index (χ3n) is 2.94. The fourth-order valence-corrected chi connectivity index (χ4v) is 1.84. The molecule has 19 heavy (non-hydrogen) atoms. The number of nitrogens with zero attached hydrogens (tertiary/aromatic N) is 1. The van der Waals surface area contributed by atoms with E-state index in [-0.39, 0.29) is 17.6 Å². The molecule has 0 heterocycles. The highest BCUT2D eigenvalue weighted by Gasteiger charge is 2.13. The molecule has 1 rings (SSSR count). The summed E-state index contributed by atoms with van der Waals surface area (Å²) in [6.07, 6.45) is 4.30. The van der Waals surface area contributed by atoms with E-state index in [1.807, 2.05) is 6.92 Å². The van der Waals surface area contributed by atoms with E-state index in [0.717, 1.165) is 25.7 Å². The van der Waals surface area contributed by atoms with Gasteiger partial charge in [0.25, 0.3) is 11.6 Å². The Hall–Kier alpha value is -1.91. The maximum atomic E-state index is 11.9. The Kier molecular flexibility index (Phi) is 5.99. The molecule has 0 aliphatic heterocycles. The minimum atomic E-state index is -0.499. The Morgan fingerprint density at radius 3 is 2.79 bits per heavy atom. The number of hydrogen-bond acceptors (Lipinski definition) is 3. The lowest BCUT2D eigenvalue weighted by atomic mass is 10.1. The number of nitro benzene ring substituents is 1. The minimum absolute atomic E-state index is 0.0636. The first-order valence-electron chi connectivity index (χ1n) is 6.60. The maximum absolute atomic E-state index is 11.9. The quantitative estimate of drug-likeness (QED) is 0.466. The molecule has 0 fully saturated rings. The zero-order chi connectivity index (χ0) is 14.3. The van der Waals surface area contributed by atoms with E-state index in [2.05, 4.69) is 12.2 Å². The van der Waals surface area contributed by atoms with Gasteiger partial charge in [-0.1, -0.05) is 32.3 Å². The van der Waals surface area contributed by atoms with Crippen LogP contribution < -0.4 is 5.32 Å². The van der Waals surface area contributed by atoms with Crippen molar-refractivity contribution in [2.24, 2.45) is 0 Å². The van der Waals surface area contributed by atoms with Crippen molar-refractivity contribution in [3.63, 3.8) is 0 Å². The molecule has 5 nitrogen and oxygen atoms in total. The zero-order valence-corrected chi connectivity index (χ0v) is 11.4. The Morgan fingerprint density at radius 1 is 1.42 bits per heavy atom. The van der Waals surface area contributed by atoms with Crippen molar-refractivity contribution >= 4 is 11.6 Å². The van der Waals surface area contributed by atoms with Gasteiger partial charge in [0.1, 0.15) is 0 Å². The molecule has 104 valence electrons. The Bertz CT molecular complexity index is 446. The molecule has 1 atom stereocenters. The molecule has 1 N–H and O–H groups in total. The van der Waals surface area contributed by atoms with Crippen molar-refractivity contribution in [3.8, 4) is 0 Å². The van der Waals surface area contributed by atoms with Gasteiger partial charge in [-0.3, -0.25) is 14.9 Å². The molecule has 1 amide bonds. The van der Waals surface area contributed by atoms with Crippen molar-refractivity contribution in [2.75, 3.05) is 0 Å². The number of benzene rings is 1. The number of nitro groups is 1. The van der Waals surface area contributed by atoms with Crippen molar-refractivity contribution in [3.05, 3.63) is 39.9 Å². The highest BCUT2D eigenvalue weighted by molar-refractivity contribution is 5.94. The third kappa shape index (κ3) is 5.07. The standard InChI is InChI=1S/C14H20N2O3/c1-3-4-5-7-11(2)15-14(17)12-8-6-9-13(10-12)16(18)19/h6,8-11H,3-5,7H2,1-2H3,(H,15,17)/t11-/m0/s1. The smallest absolute Gasteiger partial charge is 0.270 e. The summed E-state index contributed by atoms with van der Waals surface area (Å²) in [6.45, 7) is 4.08. The summed E-state index contributed by atoms with van der Waals surface area (Å²) in [5.74, 6) is -0.257. The van der Waals surface area contributed by atoms with Gasteiger partial charge in [0.2, 0.25) is 0 Å². The van der Waals surface area contributed by atoms with E-state index in [1.54, 1.807) is 6.07 Å². The third-order valence-corrected chi connectivity index (χ3v) is 2.94. The normalized spacial score (nSPS) is 11.9. The molecular formula is C14H20N2O3. The van der Waals surface area contributed by atoms with Crippen LogP contribution >= 0.6 is 0 Å². The average molecular weight is 264 g/mol. The lowest BCUT2D eigenvalue weighted by Crippen LogP contribution is -2.32. The highest BCUT2D eigenvalue weighted by Crippen LogP contribution is 2.13. The monoisotopic (exact) mass is 264 g/mol. The molecule has 0 unspecified atom stereocenters. The zero-order valence-electron chi connectivity index (χ0n) is 11.4. The predicted octanol–water partition coefficient (Wildman–Crippen LogP) is 3.29. The van der Waals surface area contributed by atoms with Gasteiger partial charge in [0, 0.05) is 23.7 Å². The van der Waals surface area contributed by atoms with Gasteiger partial charge in [-0.15, -0.1) is 0 Å². The molecule has 0 radical (unpaired) electrons. The van der Waals surface area contributed by atoms with Crippen molar-refractivity contribution in [1.82, 2.24) is 5.32 Å². The van der Waals surface area contributed by atoms with E-state index in [4.69, 9.17) is 0 Å². The minimum Gasteiger partial charge on any atom is -0.350 e. The SMILES string of the molecule is CCCCC[C@H](C)NC(=O)c1cccc([N+](=O)[O-])c1. The number of carbonyl (C=O) groups excluding carboxylic acids is 1. The molecule has 0 aromatic heterocycles. The van der Waals surface area contributed by atoms with Gasteiger partial charge in [0.05, 0.1) is 4.92 Å². The lowest BCUT2D eigenvalue weighted by molar-refractivity contribution is -0.384. The molecule has 0 bridgehead atoms. The number of carbonyl (C=O) groups is 1. The molecule has 0 aliphatic rings. The fourth-order valence-electron chi connectivity index (χ4n) is 1.84. The van der Waals surface area contributed by atoms with Crippen LogP contribution in [0.5, 0.6) is 0 Å². The van der Waals surface area contributed by atoms with Gasteiger partial charge < -0.3 is 5.32 Å². The van der Waals surface area contributed by atoms with E-state index >= 15 is 0 Å². The van der Waals surface area contributed by atoms with Gasteiger partial charge in [0.15, 0.2) is 0 Å². The molecule has 1 aromatic carbocycles. The van der Waals surface area contributed by atoms with Gasteiger partial charge >= 0.3 is 0 Å². The Morgan fingerprint density at radius 2 is 2.16 bits per heavy atom. The predicted molar refractivity (Wildman–Crippen MR) is 74.2 cm³/mol. The summed E-state index contributed by atoms with van der Waals surface area (Å²) in [6, 6.07) is 5.86. The van der Waals surface area contributed by atoms with Crippen LogP contribution in [0.25, 0.3) is 0 Å². The molecule has 0 aliphatic carbocycles. The second-order valence-corrected chi connectivity index (χ2v) is 4.68. The van der Waals surface area contributed by atoms with Crippen LogP contribution in [0.2, 0.25) is 0 Å². The number of hydrogen-bond donors (Lipinski definition) is 1. The van der Waals surface area contributed by atoms with Crippen LogP contribution in [-0.2, 0) is 0 Å². The molecule has 0 saturated carbocycles. The summed E-state index contributed by atoms with van der Waals surface area (Å²) < 4.78 is 0. The number of unbranched alkanes of at least 4 members (excludes halogenated alkanes) is 2. The van der Waals surface area contributed by atoms with E-state index < -0.39 is 4.92 Å². The van der Waals surface area contributed by atoms with Crippen LogP contribution in [-0.4, -0.2) is 16.9 Å². The second kappa shape index (κ2) is 7.51. The number of non-ortho nitro benzene ring substituents is 1. The van der Waals surface area contributed by atoms with Gasteiger partial charge in [-0.2, -0.15) is 0 Å². The second-order valence-electron chi connectivity index (χ2n) is 4.68. The first-order chi connectivity index (χ1) is 9.04. The highest BCUT2D eigenvalue weighted by atomic mass is 16.6. The average Bonchev–Trinajstić information content (AvgIpc) is 2.39. The summed E-state index contributed by atoms with van der Waals surface area (Å²) >= 11 is 0. The number of nitrogens with one attached hydrogen (secondary N) is 1. The van der Waals surface area contributed by atoms with Crippen LogP contribution in [0.15, 0.2) is 24.3 Å². The van der Waals surface area contributed by atoms with Crippen LogP contribution in [0.3, 0.4) is 0 Å². The van der Waals surface area contributed by atoms with E-state index in [1.165, 1.54) is 18.2 Å². The Labute approximate surface area is 113 Å². The maximum Gasteiger partial charge on any atom is 0.270 e. The van der Waals surface area contributed by atoms with Crippen molar-refractivity contribution in [2.45, 2.75) is 45.6 Å². The van der Waals surface area contributed by atoms with E-state index in [9.17, 15) is 14.9 Å². The first kappa shape index (κ1) is 15.1. The summed E-state index contributed by atoms with van der Waals surface area (Å²) in [7, 11) is 0. The molecule has 0 saturated heterocycles. The Balaban J connectivity index is 2.57. The largest absolute Gasteiger partial charge is 0.350 e. The topological polar surface area (TPSA) is 72.2 Å². The molecule has 1 aromatic rings. The van der Waals surface area contributed by atoms with Gasteiger partial charge in [-0.25, -0.2) is 0 Å². The van der Waals surface area contributed by atoms with Crippen LogP contribution in [0, 0.1) is 10.1 Å². The first-order valence-corrected chi connectivity index (χ1v) is 6.60. The summed E-state index contributed by atoms with van der Waals surface area (Å²) in [5, 5.41) is 13.5. The summed E-state index contributed by atoms with van der Waals surface area (Å²) in [5.41, 5.74) is 0.267. The molecule has 5 heteroatoms. The van der Waals surface area contributed by atoms with Crippen molar-refractivity contribution < 1.29 is 9.72 Å². The van der Waals surface area contributed by atoms with Crippen LogP contribution in [0.4, 0.5) is 5.69 Å². The fraction of sp³-hybridized carbons (Fsp3) is 0.500. The molecule has 0 spiro atoms. The van der Waals surface area contributed by atoms with Crippen LogP contribution in [0.1, 0.15) is 49.9 Å². The van der Waals surface area contributed by atoms with Crippen molar-refractivity contribution in [1.29, 1.82) is 0 Å². The summed E-state index contributed by atoms with van der Waals surface area (Å²) in [4.78, 5) is 22.1.